The first-order valence-electron chi connectivity index (χ1n) is 5.36. The molecule has 0 amide bonds. The van der Waals surface area contributed by atoms with Crippen LogP contribution < -0.4 is 5.32 Å². The summed E-state index contributed by atoms with van der Waals surface area (Å²) in [6, 6.07) is 0. The van der Waals surface area contributed by atoms with Crippen LogP contribution in [-0.2, 0) is 4.74 Å². The Balaban J connectivity index is 3.34. The van der Waals surface area contributed by atoms with Crippen molar-refractivity contribution in [2.24, 2.45) is 5.92 Å². The van der Waals surface area contributed by atoms with Crippen LogP contribution in [0, 0.1) is 5.92 Å². The van der Waals surface area contributed by atoms with E-state index in [2.05, 4.69) is 48.9 Å². The van der Waals surface area contributed by atoms with Crippen molar-refractivity contribution in [3.63, 3.8) is 0 Å². The topological polar surface area (TPSA) is 21.3 Å². The smallest absolute Gasteiger partial charge is 0.0591 e. The minimum atomic E-state index is 0.213. The Morgan fingerprint density at radius 1 is 1.36 bits per heavy atom. The maximum absolute atomic E-state index is 5.49. The molecule has 3 heteroatoms. The van der Waals surface area contributed by atoms with Crippen molar-refractivity contribution < 1.29 is 4.74 Å². The molecule has 0 rings (SSSR count). The molecule has 0 heterocycles. The molecule has 0 saturated carbocycles. The zero-order valence-corrected chi connectivity index (χ0v) is 11.5. The van der Waals surface area contributed by atoms with Gasteiger partial charge in [0.15, 0.2) is 0 Å². The van der Waals surface area contributed by atoms with Gasteiger partial charge in [0.2, 0.25) is 0 Å². The van der Waals surface area contributed by atoms with E-state index >= 15 is 0 Å². The van der Waals surface area contributed by atoms with E-state index < -0.39 is 0 Å². The van der Waals surface area contributed by atoms with E-state index in [1.165, 1.54) is 0 Å². The first kappa shape index (κ1) is 14.4. The van der Waals surface area contributed by atoms with Gasteiger partial charge in [-0.25, -0.2) is 0 Å². The van der Waals surface area contributed by atoms with Gasteiger partial charge in [0.1, 0.15) is 0 Å². The molecule has 0 bridgehead atoms. The maximum Gasteiger partial charge on any atom is 0.0591 e. The van der Waals surface area contributed by atoms with Crippen molar-refractivity contribution in [3.05, 3.63) is 0 Å². The minimum Gasteiger partial charge on any atom is -0.380 e. The average Bonchev–Trinajstić information content (AvgIpc) is 2.02. The Bertz CT molecular complexity index is 137. The Morgan fingerprint density at radius 2 is 2.00 bits per heavy atom. The van der Waals surface area contributed by atoms with Crippen molar-refractivity contribution >= 4 is 15.9 Å². The fourth-order valence-electron chi connectivity index (χ4n) is 1.11. The molecule has 0 spiro atoms. The summed E-state index contributed by atoms with van der Waals surface area (Å²) in [4.78, 5) is 0. The summed E-state index contributed by atoms with van der Waals surface area (Å²) in [6.07, 6.45) is 1.14. The van der Waals surface area contributed by atoms with E-state index in [0.717, 1.165) is 31.5 Å². The van der Waals surface area contributed by atoms with Crippen molar-refractivity contribution in [1.82, 2.24) is 5.32 Å². The first-order chi connectivity index (χ1) is 6.48. The SMILES string of the molecule is CC(C)COCCNC(C)(C)CCBr. The summed E-state index contributed by atoms with van der Waals surface area (Å²) in [5.74, 6) is 0.630. The van der Waals surface area contributed by atoms with E-state index in [-0.39, 0.29) is 5.54 Å². The van der Waals surface area contributed by atoms with Gasteiger partial charge in [-0.05, 0) is 26.2 Å². The molecule has 1 N–H and O–H groups in total. The van der Waals surface area contributed by atoms with Crippen molar-refractivity contribution in [1.29, 1.82) is 0 Å². The van der Waals surface area contributed by atoms with Gasteiger partial charge >= 0.3 is 0 Å². The van der Waals surface area contributed by atoms with Crippen LogP contribution in [0.4, 0.5) is 0 Å². The Labute approximate surface area is 96.9 Å². The summed E-state index contributed by atoms with van der Waals surface area (Å²) >= 11 is 3.46. The van der Waals surface area contributed by atoms with Crippen molar-refractivity contribution in [2.45, 2.75) is 39.7 Å². The molecule has 86 valence electrons. The van der Waals surface area contributed by atoms with Crippen LogP contribution in [0.3, 0.4) is 0 Å². The zero-order valence-electron chi connectivity index (χ0n) is 9.90. The fourth-order valence-corrected chi connectivity index (χ4v) is 2.10. The van der Waals surface area contributed by atoms with Crippen LogP contribution in [0.1, 0.15) is 34.1 Å². The Hall–Kier alpha value is 0.400. The molecular formula is C11H24BrNO. The van der Waals surface area contributed by atoms with Crippen LogP contribution in [0.25, 0.3) is 0 Å². The Kier molecular flexibility index (Phi) is 7.88. The molecule has 0 aliphatic heterocycles. The lowest BCUT2D eigenvalue weighted by Crippen LogP contribution is -2.41. The number of hydrogen-bond donors (Lipinski definition) is 1. The summed E-state index contributed by atoms with van der Waals surface area (Å²) < 4.78 is 5.49. The van der Waals surface area contributed by atoms with Gasteiger partial charge in [0.05, 0.1) is 6.61 Å². The summed E-state index contributed by atoms with van der Waals surface area (Å²) in [5.41, 5.74) is 0.213. The molecular weight excluding hydrogens is 242 g/mol. The molecule has 0 aromatic rings. The van der Waals surface area contributed by atoms with E-state index in [0.29, 0.717) is 5.92 Å². The van der Waals surface area contributed by atoms with Crippen LogP contribution in [-0.4, -0.2) is 30.6 Å². The van der Waals surface area contributed by atoms with Gasteiger partial charge in [-0.15, -0.1) is 0 Å². The molecule has 2 nitrogen and oxygen atoms in total. The molecule has 0 aromatic heterocycles. The third kappa shape index (κ3) is 8.97. The van der Waals surface area contributed by atoms with E-state index in [9.17, 15) is 0 Å². The van der Waals surface area contributed by atoms with Crippen molar-refractivity contribution in [2.75, 3.05) is 25.1 Å². The van der Waals surface area contributed by atoms with Gasteiger partial charge in [0.25, 0.3) is 0 Å². The molecule has 14 heavy (non-hydrogen) atoms. The molecule has 0 aliphatic rings. The standard InChI is InChI=1S/C11H24BrNO/c1-10(2)9-14-8-7-13-11(3,4)5-6-12/h10,13H,5-9H2,1-4H3. The molecule has 0 atom stereocenters. The van der Waals surface area contributed by atoms with Crippen LogP contribution >= 0.6 is 15.9 Å². The quantitative estimate of drug-likeness (QED) is 0.539. The number of ether oxygens (including phenoxy) is 1. The van der Waals surface area contributed by atoms with Crippen molar-refractivity contribution in [3.8, 4) is 0 Å². The lowest BCUT2D eigenvalue weighted by molar-refractivity contribution is 0.107. The van der Waals surface area contributed by atoms with Gasteiger partial charge in [-0.3, -0.25) is 0 Å². The van der Waals surface area contributed by atoms with Crippen LogP contribution in [0.2, 0.25) is 0 Å². The number of rotatable bonds is 8. The monoisotopic (exact) mass is 265 g/mol. The summed E-state index contributed by atoms with van der Waals surface area (Å²) in [6.45, 7) is 11.4. The molecule has 0 unspecified atom stereocenters. The molecule has 0 aromatic carbocycles. The van der Waals surface area contributed by atoms with Crippen LogP contribution in [0.5, 0.6) is 0 Å². The second-order valence-corrected chi connectivity index (χ2v) is 5.51. The molecule has 0 fully saturated rings. The van der Waals surface area contributed by atoms with Gasteiger partial charge in [0, 0.05) is 24.0 Å². The third-order valence-corrected chi connectivity index (χ3v) is 2.42. The number of hydrogen-bond acceptors (Lipinski definition) is 2. The zero-order chi connectivity index (χ0) is 11.0. The lowest BCUT2D eigenvalue weighted by atomic mass is 10.0. The summed E-state index contributed by atoms with van der Waals surface area (Å²) in [7, 11) is 0. The molecule has 0 radical (unpaired) electrons. The number of halogens is 1. The first-order valence-corrected chi connectivity index (χ1v) is 6.49. The predicted molar refractivity (Wildman–Crippen MR) is 66.1 cm³/mol. The fraction of sp³-hybridized carbons (Fsp3) is 1.00. The van der Waals surface area contributed by atoms with Crippen LogP contribution in [0.15, 0.2) is 0 Å². The van der Waals surface area contributed by atoms with Gasteiger partial charge in [-0.2, -0.15) is 0 Å². The number of alkyl halides is 1. The highest BCUT2D eigenvalue weighted by atomic mass is 79.9. The molecule has 0 aliphatic carbocycles. The third-order valence-electron chi connectivity index (χ3n) is 2.02. The largest absolute Gasteiger partial charge is 0.380 e. The number of nitrogens with one attached hydrogen (secondary N) is 1. The van der Waals surface area contributed by atoms with Gasteiger partial charge in [-0.1, -0.05) is 29.8 Å². The maximum atomic E-state index is 5.49. The average molecular weight is 266 g/mol. The molecule has 0 saturated heterocycles. The highest BCUT2D eigenvalue weighted by Gasteiger charge is 2.14. The predicted octanol–water partition coefficient (Wildman–Crippen LogP) is 2.81. The van der Waals surface area contributed by atoms with E-state index in [4.69, 9.17) is 4.74 Å². The van der Waals surface area contributed by atoms with Gasteiger partial charge < -0.3 is 10.1 Å². The minimum absolute atomic E-state index is 0.213. The van der Waals surface area contributed by atoms with E-state index in [1.54, 1.807) is 0 Å². The second-order valence-electron chi connectivity index (χ2n) is 4.72. The summed E-state index contributed by atoms with van der Waals surface area (Å²) in [5, 5.41) is 4.52. The lowest BCUT2D eigenvalue weighted by Gasteiger charge is -2.25. The highest BCUT2D eigenvalue weighted by Crippen LogP contribution is 2.09. The van der Waals surface area contributed by atoms with E-state index in [1.807, 2.05) is 0 Å². The normalized spacial score (nSPS) is 12.4. The second kappa shape index (κ2) is 7.66. The Morgan fingerprint density at radius 3 is 2.50 bits per heavy atom. The highest BCUT2D eigenvalue weighted by molar-refractivity contribution is 9.09.